The molecule has 1 aliphatic heterocycles. The number of guanidine groups is 1. The molecule has 1 unspecified atom stereocenters. The van der Waals surface area contributed by atoms with Crippen LogP contribution in [0.2, 0.25) is 0 Å². The topological polar surface area (TPSA) is 126 Å². The minimum Gasteiger partial charge on any atom is -0.465 e. The smallest absolute Gasteiger partial charge is 0.318 e. The van der Waals surface area contributed by atoms with E-state index in [1.807, 2.05) is 20.8 Å². The van der Waals surface area contributed by atoms with Gasteiger partial charge in [-0.3, -0.25) is 24.7 Å². The van der Waals surface area contributed by atoms with E-state index < -0.39 is 23.4 Å². The summed E-state index contributed by atoms with van der Waals surface area (Å²) in [7, 11) is 0. The second kappa shape index (κ2) is 15.9. The second-order valence-corrected chi connectivity index (χ2v) is 8.85. The van der Waals surface area contributed by atoms with Gasteiger partial charge < -0.3 is 15.0 Å². The molecule has 1 heterocycles. The van der Waals surface area contributed by atoms with E-state index >= 15 is 0 Å². The molecule has 0 aliphatic carbocycles. The molecule has 0 aromatic carbocycles. The lowest BCUT2D eigenvalue weighted by Crippen LogP contribution is -2.44. The van der Waals surface area contributed by atoms with Gasteiger partial charge >= 0.3 is 5.97 Å². The standard InChI is InChI=1S/C21H37N5O5.C2H2/c1-6-25-11-8-16(9-12-25)24-20(22-10-13-26(29)30)23-15-17(19(28)31-7-2)18(27)14-21(3,4)5;1-2/h10,16-17H,6-9,11-15H2,1-5H3,(H,23,24);1-2H/b22-10-;. The van der Waals surface area contributed by atoms with Gasteiger partial charge in [0.1, 0.15) is 11.7 Å². The van der Waals surface area contributed by atoms with Crippen molar-refractivity contribution in [3.05, 3.63) is 10.1 Å². The molecule has 0 radical (unpaired) electrons. The monoisotopic (exact) mass is 465 g/mol. The Morgan fingerprint density at radius 2 is 1.88 bits per heavy atom. The molecule has 10 heteroatoms. The molecule has 0 saturated carbocycles. The Hall–Kier alpha value is -2.80. The van der Waals surface area contributed by atoms with E-state index in [1.54, 1.807) is 6.92 Å². The molecule has 0 spiro atoms. The number of esters is 1. The summed E-state index contributed by atoms with van der Waals surface area (Å²) >= 11 is 0. The average molecular weight is 466 g/mol. The summed E-state index contributed by atoms with van der Waals surface area (Å²) in [6.45, 7) is 12.1. The fourth-order valence-electron chi connectivity index (χ4n) is 3.27. The first-order valence-corrected chi connectivity index (χ1v) is 11.3. The van der Waals surface area contributed by atoms with E-state index in [0.29, 0.717) is 0 Å². The number of hydrogen-bond acceptors (Lipinski definition) is 7. The SMILES string of the molecule is C#C.CCOC(=O)C(CN=C(/N=C\C[N+](=O)[O-])NC1CCN(CC)CC1)C(=O)CC(C)(C)C. The van der Waals surface area contributed by atoms with Crippen LogP contribution in [0.15, 0.2) is 9.98 Å². The van der Waals surface area contributed by atoms with Crippen LogP contribution in [0, 0.1) is 34.3 Å². The van der Waals surface area contributed by atoms with Crippen molar-refractivity contribution in [3.63, 3.8) is 0 Å². The number of Topliss-reactive ketones (excluding diaryl/α,β-unsaturated/α-hetero) is 1. The van der Waals surface area contributed by atoms with Crippen molar-refractivity contribution in [1.29, 1.82) is 0 Å². The number of nitrogens with one attached hydrogen (secondary N) is 1. The molecule has 10 nitrogen and oxygen atoms in total. The van der Waals surface area contributed by atoms with Gasteiger partial charge in [0.2, 0.25) is 12.5 Å². The van der Waals surface area contributed by atoms with Crippen LogP contribution in [-0.4, -0.2) is 79.1 Å². The molecular weight excluding hydrogens is 426 g/mol. The van der Waals surface area contributed by atoms with E-state index in [1.165, 1.54) is 6.21 Å². The highest BCUT2D eigenvalue weighted by Crippen LogP contribution is 2.22. The van der Waals surface area contributed by atoms with Gasteiger partial charge in [-0.25, -0.2) is 4.99 Å². The van der Waals surface area contributed by atoms with Crippen molar-refractivity contribution in [2.75, 3.05) is 39.3 Å². The summed E-state index contributed by atoms with van der Waals surface area (Å²) in [4.78, 5) is 46.0. The zero-order valence-corrected chi connectivity index (χ0v) is 20.6. The molecule has 0 bridgehead atoms. The van der Waals surface area contributed by atoms with Crippen LogP contribution in [0.5, 0.6) is 0 Å². The van der Waals surface area contributed by atoms with Gasteiger partial charge in [-0.2, -0.15) is 0 Å². The number of carbonyl (C=O) groups excluding carboxylic acids is 2. The van der Waals surface area contributed by atoms with Crippen LogP contribution in [0.3, 0.4) is 0 Å². The van der Waals surface area contributed by atoms with E-state index in [9.17, 15) is 19.7 Å². The predicted molar refractivity (Wildman–Crippen MR) is 130 cm³/mol. The first-order valence-electron chi connectivity index (χ1n) is 11.3. The van der Waals surface area contributed by atoms with Crippen LogP contribution < -0.4 is 5.32 Å². The lowest BCUT2D eigenvalue weighted by Gasteiger charge is -2.31. The molecular formula is C23H39N5O5. The third-order valence-corrected chi connectivity index (χ3v) is 4.90. The number of piperidine rings is 1. The summed E-state index contributed by atoms with van der Waals surface area (Å²) in [5.41, 5.74) is -0.274. The number of terminal acetylenes is 1. The Morgan fingerprint density at radius 3 is 2.36 bits per heavy atom. The summed E-state index contributed by atoms with van der Waals surface area (Å²) < 4.78 is 5.08. The van der Waals surface area contributed by atoms with Crippen LogP contribution >= 0.6 is 0 Å². The second-order valence-electron chi connectivity index (χ2n) is 8.85. The van der Waals surface area contributed by atoms with Crippen molar-refractivity contribution >= 4 is 23.9 Å². The predicted octanol–water partition coefficient (Wildman–Crippen LogP) is 2.20. The van der Waals surface area contributed by atoms with Gasteiger partial charge in [-0.1, -0.05) is 27.7 Å². The van der Waals surface area contributed by atoms with Crippen LogP contribution in [-0.2, 0) is 14.3 Å². The van der Waals surface area contributed by atoms with Gasteiger partial charge in [0, 0.05) is 30.5 Å². The first-order chi connectivity index (χ1) is 15.6. The highest BCUT2D eigenvalue weighted by Gasteiger charge is 2.31. The Kier molecular flexibility index (Phi) is 14.6. The van der Waals surface area contributed by atoms with Crippen molar-refractivity contribution in [3.8, 4) is 12.8 Å². The largest absolute Gasteiger partial charge is 0.465 e. The Labute approximate surface area is 197 Å². The molecule has 1 atom stereocenters. The number of rotatable bonds is 10. The Bertz CT molecular complexity index is 704. The maximum absolute atomic E-state index is 12.7. The summed E-state index contributed by atoms with van der Waals surface area (Å²) in [5, 5.41) is 13.9. The van der Waals surface area contributed by atoms with Gasteiger partial charge in [-0.15, -0.1) is 12.8 Å². The molecule has 1 aliphatic rings. The molecule has 1 rings (SSSR count). The fourth-order valence-corrected chi connectivity index (χ4v) is 3.27. The number of hydrogen-bond donors (Lipinski definition) is 1. The number of ketones is 1. The number of nitro groups is 1. The maximum atomic E-state index is 12.7. The average Bonchev–Trinajstić information content (AvgIpc) is 2.74. The lowest BCUT2D eigenvalue weighted by atomic mass is 9.85. The quantitative estimate of drug-likeness (QED) is 0.0996. The van der Waals surface area contributed by atoms with E-state index in [0.717, 1.165) is 32.5 Å². The summed E-state index contributed by atoms with van der Waals surface area (Å²) in [5.74, 6) is -1.66. The van der Waals surface area contributed by atoms with E-state index in [-0.39, 0.29) is 42.8 Å². The van der Waals surface area contributed by atoms with Crippen LogP contribution in [0.1, 0.15) is 53.9 Å². The van der Waals surface area contributed by atoms with Crippen LogP contribution in [0.25, 0.3) is 0 Å². The minimum absolute atomic E-state index is 0.111. The molecule has 1 fully saturated rings. The molecule has 33 heavy (non-hydrogen) atoms. The van der Waals surface area contributed by atoms with Gasteiger partial charge in [-0.05, 0) is 31.7 Å². The number of carbonyl (C=O) groups is 2. The summed E-state index contributed by atoms with van der Waals surface area (Å²) in [6.07, 6.45) is 11.2. The number of likely N-dealkylation sites (tertiary alicyclic amines) is 1. The minimum atomic E-state index is -1.02. The highest BCUT2D eigenvalue weighted by molar-refractivity contribution is 6.00. The fraction of sp³-hybridized carbons (Fsp3) is 0.739. The lowest BCUT2D eigenvalue weighted by molar-refractivity contribution is -0.462. The Morgan fingerprint density at radius 1 is 1.27 bits per heavy atom. The highest BCUT2D eigenvalue weighted by atomic mass is 16.6. The first kappa shape index (κ1) is 30.2. The molecule has 1 saturated heterocycles. The number of aliphatic imine (C=N–C) groups is 2. The van der Waals surface area contributed by atoms with Crippen molar-refractivity contribution < 1.29 is 19.2 Å². The van der Waals surface area contributed by atoms with Crippen LogP contribution in [0.4, 0.5) is 0 Å². The number of ether oxygens (including phenoxy) is 1. The zero-order valence-electron chi connectivity index (χ0n) is 20.6. The normalized spacial score (nSPS) is 16.5. The van der Waals surface area contributed by atoms with Gasteiger partial charge in [0.15, 0.2) is 0 Å². The summed E-state index contributed by atoms with van der Waals surface area (Å²) in [6, 6.07) is 0.126. The van der Waals surface area contributed by atoms with Gasteiger partial charge in [0.25, 0.3) is 0 Å². The third-order valence-electron chi connectivity index (χ3n) is 4.90. The van der Waals surface area contributed by atoms with Crippen molar-refractivity contribution in [2.45, 2.75) is 59.9 Å². The van der Waals surface area contributed by atoms with Gasteiger partial charge in [0.05, 0.1) is 19.4 Å². The van der Waals surface area contributed by atoms with E-state index in [2.05, 4.69) is 40.0 Å². The molecule has 0 amide bonds. The Balaban J connectivity index is 0.00000497. The molecule has 1 N–H and O–H groups in total. The third kappa shape index (κ3) is 13.4. The molecule has 0 aromatic rings. The molecule has 186 valence electrons. The molecule has 0 aromatic heterocycles. The van der Waals surface area contributed by atoms with E-state index in [4.69, 9.17) is 4.74 Å². The zero-order chi connectivity index (χ0) is 25.4. The van der Waals surface area contributed by atoms with Crippen molar-refractivity contribution in [2.24, 2.45) is 21.3 Å². The number of nitrogens with zero attached hydrogens (tertiary/aromatic N) is 4. The maximum Gasteiger partial charge on any atom is 0.318 e. The van der Waals surface area contributed by atoms with Crippen molar-refractivity contribution in [1.82, 2.24) is 10.2 Å².